The zero-order valence-corrected chi connectivity index (χ0v) is 20.6. The summed E-state index contributed by atoms with van der Waals surface area (Å²) in [6, 6.07) is 18.2. The summed E-state index contributed by atoms with van der Waals surface area (Å²) in [6.45, 7) is 3.81. The zero-order chi connectivity index (χ0) is 24.8. The molecule has 2 heterocycles. The van der Waals surface area contributed by atoms with Gasteiger partial charge in [0.1, 0.15) is 12.3 Å². The van der Waals surface area contributed by atoms with E-state index in [1.807, 2.05) is 48.0 Å². The molecule has 0 aliphatic rings. The molecule has 1 N–H and O–H groups in total. The molecule has 2 aromatic carbocycles. The molecule has 0 unspecified atom stereocenters. The fourth-order valence-electron chi connectivity index (χ4n) is 3.44. The molecule has 2 aromatic heterocycles. The lowest BCUT2D eigenvalue weighted by Crippen LogP contribution is -2.38. The number of hydrogen-bond donors (Lipinski definition) is 1. The average Bonchev–Trinajstić information content (AvgIpc) is 3.55. The number of hydrogen-bond acceptors (Lipinski definition) is 5. The van der Waals surface area contributed by atoms with E-state index < -0.39 is 0 Å². The van der Waals surface area contributed by atoms with Gasteiger partial charge in [0.05, 0.1) is 17.7 Å². The Morgan fingerprint density at radius 1 is 1.17 bits per heavy atom. The molecule has 0 atom stereocenters. The maximum absolute atomic E-state index is 13.0. The standard InChI is InChI=1S/C26H23ClN4O3S/c1-3-14-30(25(33)23-5-4-15-35-23)17-24(32)29-26-28-22(18-6-8-19(27)9-7-18)16-31(26)20-10-12-21(34-2)13-11-20/h3-13,15-16H,1,14,17H2,2H3,(H,28,29,32). The van der Waals surface area contributed by atoms with Crippen molar-refractivity contribution in [3.8, 4) is 22.7 Å². The third-order valence-corrected chi connectivity index (χ3v) is 6.26. The van der Waals surface area contributed by atoms with Gasteiger partial charge < -0.3 is 9.64 Å². The molecule has 35 heavy (non-hydrogen) atoms. The van der Waals surface area contributed by atoms with Crippen LogP contribution in [0.2, 0.25) is 5.02 Å². The van der Waals surface area contributed by atoms with Gasteiger partial charge in [0.2, 0.25) is 11.9 Å². The van der Waals surface area contributed by atoms with Crippen LogP contribution in [0.5, 0.6) is 5.75 Å². The minimum absolute atomic E-state index is 0.144. The van der Waals surface area contributed by atoms with Gasteiger partial charge >= 0.3 is 0 Å². The summed E-state index contributed by atoms with van der Waals surface area (Å²) in [5, 5.41) is 5.30. The number of carbonyl (C=O) groups is 2. The summed E-state index contributed by atoms with van der Waals surface area (Å²) < 4.78 is 7.03. The van der Waals surface area contributed by atoms with Gasteiger partial charge in [-0.15, -0.1) is 17.9 Å². The van der Waals surface area contributed by atoms with Crippen LogP contribution in [-0.4, -0.2) is 46.5 Å². The maximum Gasteiger partial charge on any atom is 0.264 e. The quantitative estimate of drug-likeness (QED) is 0.303. The van der Waals surface area contributed by atoms with E-state index in [4.69, 9.17) is 16.3 Å². The van der Waals surface area contributed by atoms with Crippen molar-refractivity contribution >= 4 is 40.7 Å². The molecule has 0 aliphatic carbocycles. The molecule has 0 saturated carbocycles. The topological polar surface area (TPSA) is 76.5 Å². The highest BCUT2D eigenvalue weighted by Crippen LogP contribution is 2.26. The van der Waals surface area contributed by atoms with Crippen molar-refractivity contribution in [2.45, 2.75) is 0 Å². The first kappa shape index (κ1) is 24.3. The van der Waals surface area contributed by atoms with Crippen LogP contribution in [0.15, 0.2) is 84.9 Å². The lowest BCUT2D eigenvalue weighted by molar-refractivity contribution is -0.116. The smallest absolute Gasteiger partial charge is 0.264 e. The maximum atomic E-state index is 13.0. The van der Waals surface area contributed by atoms with E-state index in [0.717, 1.165) is 11.3 Å². The Hall–Kier alpha value is -3.88. The first-order valence-electron chi connectivity index (χ1n) is 10.7. The van der Waals surface area contributed by atoms with Crippen LogP contribution in [0.1, 0.15) is 9.67 Å². The molecule has 0 saturated heterocycles. The summed E-state index contributed by atoms with van der Waals surface area (Å²) >= 11 is 7.36. The number of benzene rings is 2. The Morgan fingerprint density at radius 3 is 2.54 bits per heavy atom. The zero-order valence-electron chi connectivity index (χ0n) is 19.0. The van der Waals surface area contributed by atoms with Crippen molar-refractivity contribution in [1.82, 2.24) is 14.5 Å². The predicted molar refractivity (Wildman–Crippen MR) is 140 cm³/mol. The SMILES string of the molecule is C=CCN(CC(=O)Nc1nc(-c2ccc(Cl)cc2)cn1-c1ccc(OC)cc1)C(=O)c1cccs1. The second-order valence-electron chi connectivity index (χ2n) is 7.52. The van der Waals surface area contributed by atoms with Crippen molar-refractivity contribution in [2.75, 3.05) is 25.5 Å². The molecule has 0 spiro atoms. The summed E-state index contributed by atoms with van der Waals surface area (Å²) in [5.74, 6) is 0.437. The number of thiophene rings is 1. The molecule has 7 nitrogen and oxygen atoms in total. The van der Waals surface area contributed by atoms with Gasteiger partial charge in [0, 0.05) is 29.0 Å². The molecule has 0 aliphatic heterocycles. The highest BCUT2D eigenvalue weighted by atomic mass is 35.5. The van der Waals surface area contributed by atoms with E-state index >= 15 is 0 Å². The number of imidazole rings is 1. The number of methoxy groups -OCH3 is 1. The fraction of sp³-hybridized carbons (Fsp3) is 0.115. The van der Waals surface area contributed by atoms with E-state index in [1.54, 1.807) is 42.0 Å². The van der Waals surface area contributed by atoms with Crippen LogP contribution in [-0.2, 0) is 4.79 Å². The molecular weight excluding hydrogens is 484 g/mol. The second-order valence-corrected chi connectivity index (χ2v) is 8.91. The van der Waals surface area contributed by atoms with Crippen molar-refractivity contribution in [1.29, 1.82) is 0 Å². The summed E-state index contributed by atoms with van der Waals surface area (Å²) in [7, 11) is 1.60. The number of aromatic nitrogens is 2. The minimum atomic E-state index is -0.375. The highest BCUT2D eigenvalue weighted by molar-refractivity contribution is 7.12. The van der Waals surface area contributed by atoms with Crippen molar-refractivity contribution < 1.29 is 14.3 Å². The van der Waals surface area contributed by atoms with E-state index in [-0.39, 0.29) is 24.9 Å². The Kier molecular flexibility index (Phi) is 7.64. The van der Waals surface area contributed by atoms with Crippen LogP contribution in [0.25, 0.3) is 16.9 Å². The van der Waals surface area contributed by atoms with Crippen molar-refractivity contribution in [3.05, 3.63) is 94.8 Å². The van der Waals surface area contributed by atoms with Gasteiger partial charge in [-0.05, 0) is 47.8 Å². The van der Waals surface area contributed by atoms with Gasteiger partial charge in [0.25, 0.3) is 5.91 Å². The molecule has 2 amide bonds. The Labute approximate surface area is 212 Å². The molecule has 178 valence electrons. The van der Waals surface area contributed by atoms with Crippen LogP contribution < -0.4 is 10.1 Å². The normalized spacial score (nSPS) is 10.6. The lowest BCUT2D eigenvalue weighted by Gasteiger charge is -2.20. The molecule has 0 fully saturated rings. The van der Waals surface area contributed by atoms with E-state index in [0.29, 0.717) is 27.3 Å². The van der Waals surface area contributed by atoms with Gasteiger partial charge in [-0.2, -0.15) is 0 Å². The van der Waals surface area contributed by atoms with Crippen LogP contribution in [0.3, 0.4) is 0 Å². The third kappa shape index (κ3) is 5.79. The van der Waals surface area contributed by atoms with Gasteiger partial charge in [-0.3, -0.25) is 19.5 Å². The summed E-state index contributed by atoms with van der Waals surface area (Å²) in [5.41, 5.74) is 2.29. The summed E-state index contributed by atoms with van der Waals surface area (Å²) in [4.78, 5) is 32.5. The molecule has 4 aromatic rings. The predicted octanol–water partition coefficient (Wildman–Crippen LogP) is 5.53. The van der Waals surface area contributed by atoms with Crippen LogP contribution in [0.4, 0.5) is 5.95 Å². The molecule has 0 bridgehead atoms. The third-order valence-electron chi connectivity index (χ3n) is 5.15. The highest BCUT2D eigenvalue weighted by Gasteiger charge is 2.20. The average molecular weight is 507 g/mol. The van der Waals surface area contributed by atoms with Crippen molar-refractivity contribution in [3.63, 3.8) is 0 Å². The number of halogens is 1. The minimum Gasteiger partial charge on any atom is -0.497 e. The molecule has 9 heteroatoms. The number of rotatable bonds is 9. The number of nitrogens with zero attached hydrogens (tertiary/aromatic N) is 3. The molecular formula is C26H23ClN4O3S. The lowest BCUT2D eigenvalue weighted by atomic mass is 10.2. The van der Waals surface area contributed by atoms with Gasteiger partial charge in [0.15, 0.2) is 0 Å². The summed E-state index contributed by atoms with van der Waals surface area (Å²) in [6.07, 6.45) is 3.43. The van der Waals surface area contributed by atoms with E-state index in [2.05, 4.69) is 16.9 Å². The number of carbonyl (C=O) groups excluding carboxylic acids is 2. The monoisotopic (exact) mass is 506 g/mol. The Morgan fingerprint density at radius 2 is 1.91 bits per heavy atom. The number of ether oxygens (including phenoxy) is 1. The van der Waals surface area contributed by atoms with Crippen molar-refractivity contribution in [2.24, 2.45) is 0 Å². The number of amides is 2. The number of anilines is 1. The van der Waals surface area contributed by atoms with Crippen LogP contribution >= 0.6 is 22.9 Å². The fourth-order valence-corrected chi connectivity index (χ4v) is 4.25. The van der Waals surface area contributed by atoms with E-state index in [1.165, 1.54) is 16.2 Å². The largest absolute Gasteiger partial charge is 0.497 e. The first-order valence-corrected chi connectivity index (χ1v) is 12.0. The second kappa shape index (κ2) is 11.0. The number of nitrogens with one attached hydrogen (secondary N) is 1. The first-order chi connectivity index (χ1) is 17.0. The Bertz CT molecular complexity index is 1320. The Balaban J connectivity index is 1.62. The van der Waals surface area contributed by atoms with Gasteiger partial charge in [-0.25, -0.2) is 4.98 Å². The molecule has 4 rings (SSSR count). The van der Waals surface area contributed by atoms with Gasteiger partial charge in [-0.1, -0.05) is 35.9 Å². The van der Waals surface area contributed by atoms with E-state index in [9.17, 15) is 9.59 Å². The molecule has 0 radical (unpaired) electrons. The van der Waals surface area contributed by atoms with Crippen LogP contribution in [0, 0.1) is 0 Å².